The second-order valence-electron chi connectivity index (χ2n) is 4.22. The summed E-state index contributed by atoms with van der Waals surface area (Å²) in [5.74, 6) is -1.24. The van der Waals surface area contributed by atoms with Crippen LogP contribution in [0.1, 0.15) is 42.7 Å². The minimum Gasteiger partial charge on any atom is -0.480 e. The number of carboxylic acid groups (broad SMARTS) is 1. The average molecular weight is 264 g/mol. The molecule has 0 aliphatic carbocycles. The van der Waals surface area contributed by atoms with Crippen LogP contribution in [0, 0.1) is 6.92 Å². The Morgan fingerprint density at radius 2 is 2.05 bits per heavy atom. The highest BCUT2D eigenvalue weighted by molar-refractivity contribution is 5.95. The number of hydrogen-bond acceptors (Lipinski definition) is 3. The Morgan fingerprint density at radius 3 is 2.58 bits per heavy atom. The van der Waals surface area contributed by atoms with Crippen LogP contribution in [0.25, 0.3) is 0 Å². The van der Waals surface area contributed by atoms with Crippen LogP contribution in [-0.4, -0.2) is 39.5 Å². The van der Waals surface area contributed by atoms with Crippen molar-refractivity contribution in [2.45, 2.75) is 39.7 Å². The quantitative estimate of drug-likeness (QED) is 0.888. The molecular formula is C14H20N2O3. The zero-order valence-corrected chi connectivity index (χ0v) is 11.6. The van der Waals surface area contributed by atoms with Gasteiger partial charge in [0, 0.05) is 12.7 Å². The highest BCUT2D eigenvalue weighted by atomic mass is 16.4. The lowest BCUT2D eigenvalue weighted by molar-refractivity contribution is -0.141. The summed E-state index contributed by atoms with van der Waals surface area (Å²) in [4.78, 5) is 28.5. The number of nitrogens with zero attached hydrogens (tertiary/aromatic N) is 2. The molecule has 1 amide bonds. The van der Waals surface area contributed by atoms with Crippen molar-refractivity contribution in [3.05, 3.63) is 29.6 Å². The zero-order valence-electron chi connectivity index (χ0n) is 11.6. The number of carbonyl (C=O) groups is 2. The van der Waals surface area contributed by atoms with E-state index in [9.17, 15) is 9.59 Å². The van der Waals surface area contributed by atoms with Crippen molar-refractivity contribution in [2.75, 3.05) is 6.54 Å². The molecule has 1 unspecified atom stereocenters. The van der Waals surface area contributed by atoms with Crippen molar-refractivity contribution in [1.29, 1.82) is 0 Å². The summed E-state index contributed by atoms with van der Waals surface area (Å²) in [7, 11) is 0. The lowest BCUT2D eigenvalue weighted by Gasteiger charge is -2.20. The molecule has 5 heteroatoms. The minimum atomic E-state index is -0.942. The smallest absolute Gasteiger partial charge is 0.326 e. The van der Waals surface area contributed by atoms with Crippen LogP contribution < -0.4 is 0 Å². The van der Waals surface area contributed by atoms with Gasteiger partial charge in [-0.25, -0.2) is 4.79 Å². The van der Waals surface area contributed by atoms with E-state index in [4.69, 9.17) is 5.11 Å². The van der Waals surface area contributed by atoms with E-state index in [-0.39, 0.29) is 5.91 Å². The molecule has 0 aromatic carbocycles. The van der Waals surface area contributed by atoms with Crippen LogP contribution in [-0.2, 0) is 4.79 Å². The molecule has 1 aliphatic heterocycles. The highest BCUT2D eigenvalue weighted by Crippen LogP contribution is 2.19. The van der Waals surface area contributed by atoms with Gasteiger partial charge in [-0.1, -0.05) is 19.9 Å². The predicted octanol–water partition coefficient (Wildman–Crippen LogP) is 2.11. The maximum atomic E-state index is 12.1. The fourth-order valence-corrected chi connectivity index (χ4v) is 2.01. The molecule has 0 saturated carbocycles. The summed E-state index contributed by atoms with van der Waals surface area (Å²) in [5.41, 5.74) is 1.28. The number of likely N-dealkylation sites (tertiary alicyclic amines) is 1. The molecule has 1 saturated heterocycles. The number of amides is 1. The van der Waals surface area contributed by atoms with Gasteiger partial charge in [-0.05, 0) is 31.4 Å². The van der Waals surface area contributed by atoms with Gasteiger partial charge in [0.25, 0.3) is 5.91 Å². The van der Waals surface area contributed by atoms with Crippen LogP contribution >= 0.6 is 0 Å². The third-order valence-electron chi connectivity index (χ3n) is 2.93. The molecule has 1 N–H and O–H groups in total. The van der Waals surface area contributed by atoms with Crippen molar-refractivity contribution in [2.24, 2.45) is 0 Å². The van der Waals surface area contributed by atoms with Crippen molar-refractivity contribution in [3.8, 4) is 0 Å². The lowest BCUT2D eigenvalue weighted by atomic mass is 10.2. The number of carbonyl (C=O) groups excluding carboxylic acids is 1. The van der Waals surface area contributed by atoms with Crippen molar-refractivity contribution in [3.63, 3.8) is 0 Å². The van der Waals surface area contributed by atoms with E-state index in [0.29, 0.717) is 18.7 Å². The Balaban J connectivity index is 0.000000861. The summed E-state index contributed by atoms with van der Waals surface area (Å²) in [6.07, 6.45) is 2.86. The van der Waals surface area contributed by atoms with Crippen LogP contribution in [0.4, 0.5) is 0 Å². The van der Waals surface area contributed by atoms with Gasteiger partial charge in [0.2, 0.25) is 0 Å². The summed E-state index contributed by atoms with van der Waals surface area (Å²) in [6.45, 7) is 6.38. The normalized spacial score (nSPS) is 17.6. The van der Waals surface area contributed by atoms with E-state index in [1.165, 1.54) is 4.90 Å². The Kier molecular flexibility index (Phi) is 5.48. The molecule has 1 atom stereocenters. The summed E-state index contributed by atoms with van der Waals surface area (Å²) in [5, 5.41) is 9.01. The van der Waals surface area contributed by atoms with Gasteiger partial charge in [-0.2, -0.15) is 0 Å². The van der Waals surface area contributed by atoms with Crippen LogP contribution in [0.2, 0.25) is 0 Å². The van der Waals surface area contributed by atoms with Crippen molar-refractivity contribution < 1.29 is 14.7 Å². The third-order valence-corrected chi connectivity index (χ3v) is 2.93. The molecule has 19 heavy (non-hydrogen) atoms. The second kappa shape index (κ2) is 6.87. The van der Waals surface area contributed by atoms with Crippen LogP contribution in [0.15, 0.2) is 18.3 Å². The Hall–Kier alpha value is -1.91. The van der Waals surface area contributed by atoms with E-state index < -0.39 is 12.0 Å². The van der Waals surface area contributed by atoms with Gasteiger partial charge in [0.1, 0.15) is 11.7 Å². The van der Waals surface area contributed by atoms with Crippen LogP contribution in [0.5, 0.6) is 0 Å². The maximum Gasteiger partial charge on any atom is 0.326 e. The molecular weight excluding hydrogens is 244 g/mol. The van der Waals surface area contributed by atoms with Gasteiger partial charge in [0.15, 0.2) is 0 Å². The Bertz CT molecular complexity index is 443. The van der Waals surface area contributed by atoms with Gasteiger partial charge in [-0.3, -0.25) is 9.78 Å². The molecule has 1 aliphatic rings. The van der Waals surface area contributed by atoms with E-state index in [0.717, 1.165) is 12.0 Å². The zero-order chi connectivity index (χ0) is 14.4. The molecule has 104 valence electrons. The highest BCUT2D eigenvalue weighted by Gasteiger charge is 2.34. The first kappa shape index (κ1) is 15.1. The van der Waals surface area contributed by atoms with Gasteiger partial charge < -0.3 is 10.0 Å². The standard InChI is InChI=1S/C12H14N2O3.C2H6/c1-8-4-5-9(13-7-8)11(15)14-6-2-3-10(14)12(16)17;1-2/h4-5,7,10H,2-3,6H2,1H3,(H,16,17);1-2H3. The van der Waals surface area contributed by atoms with Crippen LogP contribution in [0.3, 0.4) is 0 Å². The molecule has 5 nitrogen and oxygen atoms in total. The third kappa shape index (κ3) is 3.53. The number of rotatable bonds is 2. The van der Waals surface area contributed by atoms with Gasteiger partial charge in [0.05, 0.1) is 0 Å². The summed E-state index contributed by atoms with van der Waals surface area (Å²) in [6, 6.07) is 2.73. The topological polar surface area (TPSA) is 70.5 Å². The fraction of sp³-hybridized carbons (Fsp3) is 0.500. The average Bonchev–Trinajstić information content (AvgIpc) is 2.90. The molecule has 0 radical (unpaired) electrons. The molecule has 1 fully saturated rings. The largest absolute Gasteiger partial charge is 0.480 e. The van der Waals surface area contributed by atoms with E-state index in [2.05, 4.69) is 4.98 Å². The Morgan fingerprint density at radius 1 is 1.37 bits per heavy atom. The Labute approximate surface area is 113 Å². The van der Waals surface area contributed by atoms with E-state index >= 15 is 0 Å². The van der Waals surface area contributed by atoms with E-state index in [1.807, 2.05) is 20.8 Å². The predicted molar refractivity (Wildman–Crippen MR) is 72.0 cm³/mol. The molecule has 2 rings (SSSR count). The summed E-state index contributed by atoms with van der Waals surface area (Å²) >= 11 is 0. The first-order valence-corrected chi connectivity index (χ1v) is 6.56. The molecule has 2 heterocycles. The molecule has 0 bridgehead atoms. The SMILES string of the molecule is CC.Cc1ccc(C(=O)N2CCCC2C(=O)O)nc1. The van der Waals surface area contributed by atoms with Crippen molar-refractivity contribution in [1.82, 2.24) is 9.88 Å². The van der Waals surface area contributed by atoms with Crippen molar-refractivity contribution >= 4 is 11.9 Å². The fourth-order valence-electron chi connectivity index (χ4n) is 2.01. The number of carboxylic acids is 1. The first-order chi connectivity index (χ1) is 9.09. The molecule has 1 aromatic rings. The lowest BCUT2D eigenvalue weighted by Crippen LogP contribution is -2.40. The number of pyridine rings is 1. The number of aromatic nitrogens is 1. The van der Waals surface area contributed by atoms with Gasteiger partial charge >= 0.3 is 5.97 Å². The monoisotopic (exact) mass is 264 g/mol. The maximum absolute atomic E-state index is 12.1. The number of aliphatic carboxylic acids is 1. The summed E-state index contributed by atoms with van der Waals surface area (Å²) < 4.78 is 0. The second-order valence-corrected chi connectivity index (χ2v) is 4.22. The molecule has 1 aromatic heterocycles. The van der Waals surface area contributed by atoms with Gasteiger partial charge in [-0.15, -0.1) is 0 Å². The molecule has 0 spiro atoms. The number of aryl methyl sites for hydroxylation is 1. The first-order valence-electron chi connectivity index (χ1n) is 6.56. The minimum absolute atomic E-state index is 0.296. The number of hydrogen-bond donors (Lipinski definition) is 1. The van der Waals surface area contributed by atoms with E-state index in [1.54, 1.807) is 18.3 Å².